The number of nitrogens with zero attached hydrogens (tertiary/aromatic N) is 3. The number of amides is 1. The summed E-state index contributed by atoms with van der Waals surface area (Å²) in [5.41, 5.74) is 0.983. The van der Waals surface area contributed by atoms with E-state index in [1.807, 2.05) is 0 Å². The topological polar surface area (TPSA) is 106 Å². The van der Waals surface area contributed by atoms with E-state index < -0.39 is 5.97 Å². The lowest BCUT2D eigenvalue weighted by Gasteiger charge is -2.07. The van der Waals surface area contributed by atoms with E-state index in [0.717, 1.165) is 37.0 Å². The molecule has 0 saturated heterocycles. The molecule has 0 unspecified atom stereocenters. The summed E-state index contributed by atoms with van der Waals surface area (Å²) < 4.78 is 7.05. The highest BCUT2D eigenvalue weighted by Gasteiger charge is 2.26. The second-order valence-electron chi connectivity index (χ2n) is 6.41. The molecule has 2 heterocycles. The monoisotopic (exact) mass is 386 g/mol. The lowest BCUT2D eigenvalue weighted by molar-refractivity contribution is -0.119. The van der Waals surface area contributed by atoms with Gasteiger partial charge in [-0.2, -0.15) is 10.1 Å². The van der Waals surface area contributed by atoms with Crippen molar-refractivity contribution in [3.8, 4) is 11.4 Å². The molecule has 140 valence electrons. The van der Waals surface area contributed by atoms with Crippen LogP contribution in [-0.4, -0.2) is 38.9 Å². The highest BCUT2D eigenvalue weighted by atomic mass is 32.1. The Kier molecular flexibility index (Phi) is 4.53. The number of aromatic carboxylic acids is 1. The van der Waals surface area contributed by atoms with Crippen molar-refractivity contribution in [1.82, 2.24) is 14.8 Å². The van der Waals surface area contributed by atoms with E-state index in [4.69, 9.17) is 4.74 Å². The molecule has 0 bridgehead atoms. The van der Waals surface area contributed by atoms with Gasteiger partial charge in [0.2, 0.25) is 5.91 Å². The van der Waals surface area contributed by atoms with Crippen molar-refractivity contribution < 1.29 is 19.4 Å². The number of carboxylic acids is 1. The Balaban J connectivity index is 1.72. The van der Waals surface area contributed by atoms with Crippen molar-refractivity contribution >= 4 is 38.7 Å². The van der Waals surface area contributed by atoms with Crippen LogP contribution < -0.4 is 10.1 Å². The number of nitrogens with one attached hydrogen (secondary N) is 1. The van der Waals surface area contributed by atoms with E-state index in [9.17, 15) is 14.7 Å². The maximum atomic E-state index is 12.4. The predicted molar refractivity (Wildman–Crippen MR) is 101 cm³/mol. The van der Waals surface area contributed by atoms with Gasteiger partial charge in [-0.05, 0) is 37.1 Å². The molecule has 1 fully saturated rings. The number of fused-ring (bicyclic) bond motifs is 1. The van der Waals surface area contributed by atoms with Gasteiger partial charge in [-0.25, -0.2) is 9.48 Å². The van der Waals surface area contributed by atoms with Crippen molar-refractivity contribution in [2.24, 2.45) is 5.92 Å². The molecule has 0 spiro atoms. The molecule has 0 aliphatic heterocycles. The molecule has 1 aliphatic rings. The molecular formula is C18H18N4O4S. The Hall–Kier alpha value is -2.94. The third-order valence-corrected chi connectivity index (χ3v) is 5.67. The number of anilines is 1. The molecule has 9 heteroatoms. The number of aromatic nitrogens is 3. The van der Waals surface area contributed by atoms with Gasteiger partial charge in [0.1, 0.15) is 10.4 Å². The van der Waals surface area contributed by atoms with Crippen molar-refractivity contribution in [2.45, 2.75) is 25.7 Å². The van der Waals surface area contributed by atoms with Crippen molar-refractivity contribution in [2.75, 3.05) is 12.4 Å². The fraction of sp³-hybridized carbons (Fsp3) is 0.333. The molecule has 2 aromatic heterocycles. The fourth-order valence-corrected chi connectivity index (χ4v) is 4.22. The first-order chi connectivity index (χ1) is 13.1. The van der Waals surface area contributed by atoms with Gasteiger partial charge >= 0.3 is 5.97 Å². The van der Waals surface area contributed by atoms with Crippen molar-refractivity contribution in [3.05, 3.63) is 30.0 Å². The zero-order valence-corrected chi connectivity index (χ0v) is 15.5. The summed E-state index contributed by atoms with van der Waals surface area (Å²) in [6, 6.07) is 7.07. The molecule has 0 radical (unpaired) electrons. The third-order valence-electron chi connectivity index (χ3n) is 4.70. The van der Waals surface area contributed by atoms with Gasteiger partial charge in [-0.1, -0.05) is 24.2 Å². The van der Waals surface area contributed by atoms with Gasteiger partial charge in [0, 0.05) is 5.92 Å². The number of ether oxygens (including phenoxy) is 1. The Morgan fingerprint density at radius 1 is 1.26 bits per heavy atom. The predicted octanol–water partition coefficient (Wildman–Crippen LogP) is 3.32. The number of hydrogen-bond donors (Lipinski definition) is 2. The van der Waals surface area contributed by atoms with Crippen LogP contribution >= 0.6 is 11.3 Å². The number of rotatable bonds is 5. The van der Waals surface area contributed by atoms with Crippen LogP contribution in [0.1, 0.15) is 36.2 Å². The minimum Gasteiger partial charge on any atom is -0.497 e. The van der Waals surface area contributed by atoms with Crippen molar-refractivity contribution in [3.63, 3.8) is 0 Å². The first kappa shape index (κ1) is 17.5. The Labute approximate surface area is 158 Å². The third kappa shape index (κ3) is 3.25. The van der Waals surface area contributed by atoms with Crippen LogP contribution in [0.25, 0.3) is 16.0 Å². The zero-order chi connectivity index (χ0) is 19.0. The first-order valence-electron chi connectivity index (χ1n) is 8.65. The maximum Gasteiger partial charge on any atom is 0.358 e. The molecule has 4 rings (SSSR count). The van der Waals surface area contributed by atoms with Crippen LogP contribution in [-0.2, 0) is 4.79 Å². The first-order valence-corrected chi connectivity index (χ1v) is 9.46. The molecule has 1 aromatic carbocycles. The Bertz CT molecular complexity index is 1000. The lowest BCUT2D eigenvalue weighted by Crippen LogP contribution is -2.20. The van der Waals surface area contributed by atoms with E-state index >= 15 is 0 Å². The number of methoxy groups -OCH3 is 1. The van der Waals surface area contributed by atoms with Crippen LogP contribution in [0.5, 0.6) is 5.75 Å². The Morgan fingerprint density at radius 2 is 1.96 bits per heavy atom. The standard InChI is InChI=1S/C18H18N4O4S/c1-26-12-8-6-11(7-9-12)22-15-14(13(21-22)17(24)25)27-18(19-15)20-16(23)10-4-2-3-5-10/h6-10H,2-5H2,1H3,(H,24,25)(H,19,20,23). The van der Waals surface area contributed by atoms with E-state index in [-0.39, 0.29) is 17.5 Å². The molecule has 0 atom stereocenters. The average Bonchev–Trinajstić information content (AvgIpc) is 3.38. The summed E-state index contributed by atoms with van der Waals surface area (Å²) >= 11 is 1.13. The van der Waals surface area contributed by atoms with Gasteiger partial charge < -0.3 is 15.2 Å². The molecule has 27 heavy (non-hydrogen) atoms. The molecule has 8 nitrogen and oxygen atoms in total. The SMILES string of the molecule is COc1ccc(-n2nc(C(=O)O)c3sc(NC(=O)C4CCCC4)nc32)cc1. The zero-order valence-electron chi connectivity index (χ0n) is 14.6. The normalized spacial score (nSPS) is 14.6. The van der Waals surface area contributed by atoms with Crippen molar-refractivity contribution in [1.29, 1.82) is 0 Å². The summed E-state index contributed by atoms with van der Waals surface area (Å²) in [5, 5.41) is 16.9. The number of carbonyl (C=O) groups is 2. The van der Waals surface area contributed by atoms with Gasteiger partial charge in [0.05, 0.1) is 12.8 Å². The van der Waals surface area contributed by atoms with E-state index in [1.165, 1.54) is 4.68 Å². The summed E-state index contributed by atoms with van der Waals surface area (Å²) in [5.74, 6) is -0.494. The summed E-state index contributed by atoms with van der Waals surface area (Å²) in [6.07, 6.45) is 3.90. The summed E-state index contributed by atoms with van der Waals surface area (Å²) in [7, 11) is 1.57. The number of thiazole rings is 1. The maximum absolute atomic E-state index is 12.4. The quantitative estimate of drug-likeness (QED) is 0.697. The summed E-state index contributed by atoms with van der Waals surface area (Å²) in [6.45, 7) is 0. The van der Waals surface area contributed by atoms with Crippen LogP contribution in [0.2, 0.25) is 0 Å². The van der Waals surface area contributed by atoms with Gasteiger partial charge in [0.25, 0.3) is 0 Å². The lowest BCUT2D eigenvalue weighted by atomic mass is 10.1. The van der Waals surface area contributed by atoms with Gasteiger partial charge in [0.15, 0.2) is 16.5 Å². The summed E-state index contributed by atoms with van der Waals surface area (Å²) in [4.78, 5) is 28.4. The highest BCUT2D eigenvalue weighted by Crippen LogP contribution is 2.32. The number of carboxylic acid groups (broad SMARTS) is 1. The van der Waals surface area contributed by atoms with Gasteiger partial charge in [-0.15, -0.1) is 0 Å². The Morgan fingerprint density at radius 3 is 2.59 bits per heavy atom. The molecule has 1 saturated carbocycles. The fourth-order valence-electron chi connectivity index (χ4n) is 3.29. The second kappa shape index (κ2) is 6.99. The minimum atomic E-state index is -1.13. The largest absolute Gasteiger partial charge is 0.497 e. The highest BCUT2D eigenvalue weighted by molar-refractivity contribution is 7.22. The molecule has 1 amide bonds. The van der Waals surface area contributed by atoms with Crippen LogP contribution in [0.3, 0.4) is 0 Å². The molecular weight excluding hydrogens is 368 g/mol. The number of hydrogen-bond acceptors (Lipinski definition) is 6. The number of carbonyl (C=O) groups excluding carboxylic acids is 1. The molecule has 2 N–H and O–H groups in total. The molecule has 3 aromatic rings. The molecule has 1 aliphatic carbocycles. The van der Waals surface area contributed by atoms with E-state index in [2.05, 4.69) is 15.4 Å². The smallest absolute Gasteiger partial charge is 0.358 e. The second-order valence-corrected chi connectivity index (χ2v) is 7.41. The minimum absolute atomic E-state index is 0.00837. The van der Waals surface area contributed by atoms with Gasteiger partial charge in [-0.3, -0.25) is 4.79 Å². The van der Waals surface area contributed by atoms with Crippen LogP contribution in [0, 0.1) is 5.92 Å². The van der Waals surface area contributed by atoms with E-state index in [1.54, 1.807) is 31.4 Å². The van der Waals surface area contributed by atoms with Crippen LogP contribution in [0.4, 0.5) is 5.13 Å². The van der Waals surface area contributed by atoms with E-state index in [0.29, 0.717) is 26.9 Å². The number of benzene rings is 1. The van der Waals surface area contributed by atoms with Crippen LogP contribution in [0.15, 0.2) is 24.3 Å². The average molecular weight is 386 g/mol.